The molecular weight excluding hydrogens is 250 g/mol. The maximum absolute atomic E-state index is 12.2. The van der Waals surface area contributed by atoms with Gasteiger partial charge in [0.05, 0.1) is 5.92 Å². The second-order valence-corrected chi connectivity index (χ2v) is 4.79. The Morgan fingerprint density at radius 3 is 2.37 bits per heavy atom. The van der Waals surface area contributed by atoms with Gasteiger partial charge >= 0.3 is 12.0 Å². The zero-order valence-electron chi connectivity index (χ0n) is 11.1. The van der Waals surface area contributed by atoms with Crippen molar-refractivity contribution in [3.05, 3.63) is 0 Å². The van der Waals surface area contributed by atoms with Crippen LogP contribution in [-0.2, 0) is 9.59 Å². The molecule has 0 spiro atoms. The lowest BCUT2D eigenvalue weighted by Gasteiger charge is -2.32. The molecule has 7 heteroatoms. The third kappa shape index (κ3) is 4.42. The number of hydrogen-bond acceptors (Lipinski definition) is 3. The molecule has 1 fully saturated rings. The van der Waals surface area contributed by atoms with Crippen molar-refractivity contribution in [2.75, 3.05) is 13.1 Å². The van der Waals surface area contributed by atoms with E-state index in [1.54, 1.807) is 4.90 Å². The Morgan fingerprint density at radius 1 is 1.37 bits per heavy atom. The Labute approximate surface area is 112 Å². The molecule has 0 unspecified atom stereocenters. The Kier molecular flexibility index (Phi) is 5.59. The first-order chi connectivity index (χ1) is 8.95. The zero-order chi connectivity index (χ0) is 14.4. The van der Waals surface area contributed by atoms with E-state index in [1.165, 1.54) is 0 Å². The minimum atomic E-state index is -0.813. The summed E-state index contributed by atoms with van der Waals surface area (Å²) in [5.74, 6) is -1.37. The second-order valence-electron chi connectivity index (χ2n) is 4.79. The van der Waals surface area contributed by atoms with E-state index in [0.717, 1.165) is 6.42 Å². The first-order valence-corrected chi connectivity index (χ1v) is 6.53. The molecule has 0 aromatic carbocycles. The second kappa shape index (κ2) is 6.96. The lowest BCUT2D eigenvalue weighted by Crippen LogP contribution is -2.52. The molecule has 1 atom stereocenters. The van der Waals surface area contributed by atoms with Crippen molar-refractivity contribution in [3.63, 3.8) is 0 Å². The fourth-order valence-corrected chi connectivity index (χ4v) is 2.28. The third-order valence-corrected chi connectivity index (χ3v) is 3.35. The quantitative estimate of drug-likeness (QED) is 0.660. The van der Waals surface area contributed by atoms with Crippen LogP contribution < -0.4 is 11.1 Å². The smallest absolute Gasteiger partial charge is 0.312 e. The van der Waals surface area contributed by atoms with E-state index in [4.69, 9.17) is 10.8 Å². The first kappa shape index (κ1) is 15.3. The van der Waals surface area contributed by atoms with Crippen LogP contribution in [0.25, 0.3) is 0 Å². The summed E-state index contributed by atoms with van der Waals surface area (Å²) >= 11 is 0. The zero-order valence-corrected chi connectivity index (χ0v) is 11.1. The monoisotopic (exact) mass is 271 g/mol. The summed E-state index contributed by atoms with van der Waals surface area (Å²) in [7, 11) is 0. The number of aliphatic carboxylic acids is 1. The number of carbonyl (C=O) groups is 3. The van der Waals surface area contributed by atoms with Gasteiger partial charge in [-0.25, -0.2) is 4.79 Å². The number of carboxylic acid groups (broad SMARTS) is 1. The number of rotatable bonds is 5. The van der Waals surface area contributed by atoms with Crippen molar-refractivity contribution in [2.45, 2.75) is 38.6 Å². The highest BCUT2D eigenvalue weighted by Gasteiger charge is 2.30. The number of amides is 3. The molecule has 7 nitrogen and oxygen atoms in total. The summed E-state index contributed by atoms with van der Waals surface area (Å²) in [5, 5.41) is 11.3. The molecule has 3 amide bonds. The number of primary amides is 1. The minimum absolute atomic E-state index is 0.176. The van der Waals surface area contributed by atoms with Gasteiger partial charge in [0.25, 0.3) is 0 Å². The van der Waals surface area contributed by atoms with Crippen LogP contribution in [0.5, 0.6) is 0 Å². The highest BCUT2D eigenvalue weighted by atomic mass is 16.4. The predicted molar refractivity (Wildman–Crippen MR) is 68.4 cm³/mol. The van der Waals surface area contributed by atoms with Gasteiger partial charge in [0.15, 0.2) is 0 Å². The van der Waals surface area contributed by atoms with Crippen molar-refractivity contribution in [1.29, 1.82) is 0 Å². The lowest BCUT2D eigenvalue weighted by molar-refractivity contribution is -0.146. The summed E-state index contributed by atoms with van der Waals surface area (Å²) in [6.45, 7) is 2.74. The molecule has 0 saturated carbocycles. The maximum atomic E-state index is 12.2. The van der Waals surface area contributed by atoms with Crippen LogP contribution in [-0.4, -0.2) is 47.0 Å². The molecule has 0 radical (unpaired) electrons. The van der Waals surface area contributed by atoms with E-state index < -0.39 is 18.0 Å². The van der Waals surface area contributed by atoms with Crippen molar-refractivity contribution < 1.29 is 19.5 Å². The van der Waals surface area contributed by atoms with Gasteiger partial charge in [-0.3, -0.25) is 9.59 Å². The number of nitrogens with two attached hydrogens (primary N) is 1. The Hall–Kier alpha value is -1.79. The van der Waals surface area contributed by atoms with Gasteiger partial charge < -0.3 is 21.1 Å². The van der Waals surface area contributed by atoms with Crippen LogP contribution in [0.3, 0.4) is 0 Å². The van der Waals surface area contributed by atoms with Crippen LogP contribution >= 0.6 is 0 Å². The van der Waals surface area contributed by atoms with E-state index in [1.807, 2.05) is 6.92 Å². The number of likely N-dealkylation sites (tertiary alicyclic amines) is 1. The van der Waals surface area contributed by atoms with E-state index in [2.05, 4.69) is 5.32 Å². The molecule has 1 aliphatic rings. The molecule has 1 aliphatic heterocycles. The van der Waals surface area contributed by atoms with Crippen LogP contribution in [0.4, 0.5) is 4.79 Å². The van der Waals surface area contributed by atoms with E-state index >= 15 is 0 Å². The molecule has 1 rings (SSSR count). The summed E-state index contributed by atoms with van der Waals surface area (Å²) in [6, 6.07) is -1.32. The van der Waals surface area contributed by atoms with Crippen molar-refractivity contribution >= 4 is 17.9 Å². The SMILES string of the molecule is CCC[C@@H](NC(N)=O)C(=O)N1CCC(C(=O)O)CC1. The predicted octanol–water partition coefficient (Wildman–Crippen LogP) is 0.147. The molecule has 1 heterocycles. The summed E-state index contributed by atoms with van der Waals surface area (Å²) < 4.78 is 0. The van der Waals surface area contributed by atoms with Gasteiger partial charge in [-0.05, 0) is 19.3 Å². The number of urea groups is 1. The molecule has 0 bridgehead atoms. The van der Waals surface area contributed by atoms with Crippen molar-refractivity contribution in [2.24, 2.45) is 11.7 Å². The standard InChI is InChI=1S/C12H21N3O4/c1-2-3-9(14-12(13)19)10(16)15-6-4-8(5-7-15)11(17)18/h8-9H,2-7H2,1H3,(H,17,18)(H3,13,14,19)/t9-/m1/s1. The summed E-state index contributed by atoms with van der Waals surface area (Å²) in [5.41, 5.74) is 5.05. The molecular formula is C12H21N3O4. The van der Waals surface area contributed by atoms with Crippen LogP contribution in [0.15, 0.2) is 0 Å². The van der Waals surface area contributed by atoms with E-state index in [9.17, 15) is 14.4 Å². The van der Waals surface area contributed by atoms with Gasteiger partial charge in [-0.2, -0.15) is 0 Å². The van der Waals surface area contributed by atoms with Gasteiger partial charge in [-0.1, -0.05) is 13.3 Å². The number of nitrogens with zero attached hydrogens (tertiary/aromatic N) is 1. The lowest BCUT2D eigenvalue weighted by atomic mass is 9.96. The fraction of sp³-hybridized carbons (Fsp3) is 0.750. The van der Waals surface area contributed by atoms with Gasteiger partial charge in [-0.15, -0.1) is 0 Å². The first-order valence-electron chi connectivity index (χ1n) is 6.53. The van der Waals surface area contributed by atoms with Crippen molar-refractivity contribution in [1.82, 2.24) is 10.2 Å². The van der Waals surface area contributed by atoms with Gasteiger partial charge in [0, 0.05) is 13.1 Å². The topological polar surface area (TPSA) is 113 Å². The molecule has 0 aromatic heterocycles. The average Bonchev–Trinajstić information content (AvgIpc) is 2.37. The Bertz CT molecular complexity index is 351. The number of carbonyl (C=O) groups excluding carboxylic acids is 2. The highest BCUT2D eigenvalue weighted by molar-refractivity contribution is 5.86. The average molecular weight is 271 g/mol. The fourth-order valence-electron chi connectivity index (χ4n) is 2.28. The van der Waals surface area contributed by atoms with E-state index in [0.29, 0.717) is 32.4 Å². The largest absolute Gasteiger partial charge is 0.481 e. The van der Waals surface area contributed by atoms with Gasteiger partial charge in [0.2, 0.25) is 5.91 Å². The minimum Gasteiger partial charge on any atom is -0.481 e. The Balaban J connectivity index is 2.56. The van der Waals surface area contributed by atoms with E-state index in [-0.39, 0.29) is 11.8 Å². The highest BCUT2D eigenvalue weighted by Crippen LogP contribution is 2.18. The number of piperidine rings is 1. The Morgan fingerprint density at radius 2 is 1.95 bits per heavy atom. The molecule has 108 valence electrons. The number of hydrogen-bond donors (Lipinski definition) is 3. The van der Waals surface area contributed by atoms with Crippen LogP contribution in [0, 0.1) is 5.92 Å². The third-order valence-electron chi connectivity index (χ3n) is 3.35. The molecule has 0 aliphatic carbocycles. The maximum Gasteiger partial charge on any atom is 0.312 e. The van der Waals surface area contributed by atoms with Crippen molar-refractivity contribution in [3.8, 4) is 0 Å². The van der Waals surface area contributed by atoms with Gasteiger partial charge in [0.1, 0.15) is 6.04 Å². The normalized spacial score (nSPS) is 17.8. The molecule has 4 N–H and O–H groups in total. The molecule has 1 saturated heterocycles. The number of nitrogens with one attached hydrogen (secondary N) is 1. The molecule has 19 heavy (non-hydrogen) atoms. The molecule has 0 aromatic rings. The summed E-state index contributed by atoms with van der Waals surface area (Å²) in [4.78, 5) is 35.5. The van der Waals surface area contributed by atoms with Crippen LogP contribution in [0.2, 0.25) is 0 Å². The van der Waals surface area contributed by atoms with Crippen LogP contribution in [0.1, 0.15) is 32.6 Å². The summed E-state index contributed by atoms with van der Waals surface area (Å²) in [6.07, 6.45) is 2.19. The number of carboxylic acids is 1.